The van der Waals surface area contributed by atoms with Crippen LogP contribution in [0.15, 0.2) is 30.3 Å². The highest BCUT2D eigenvalue weighted by Crippen LogP contribution is 2.05. The van der Waals surface area contributed by atoms with Crippen molar-refractivity contribution in [1.29, 1.82) is 0 Å². The summed E-state index contributed by atoms with van der Waals surface area (Å²) >= 11 is 4.27. The molecule has 0 heterocycles. The van der Waals surface area contributed by atoms with Crippen molar-refractivity contribution >= 4 is 18.3 Å². The Bertz CT molecular complexity index is 196. The first-order chi connectivity index (χ1) is 5.29. The lowest BCUT2D eigenvalue weighted by Gasteiger charge is -2.07. The third-order valence-electron chi connectivity index (χ3n) is 1.38. The molecule has 1 unspecified atom stereocenters. The van der Waals surface area contributed by atoms with E-state index < -0.39 is 0 Å². The first kappa shape index (κ1) is 8.47. The second-order valence-electron chi connectivity index (χ2n) is 2.60. The fourth-order valence-corrected chi connectivity index (χ4v) is 0.913. The zero-order valence-electron chi connectivity index (χ0n) is 6.62. The van der Waals surface area contributed by atoms with Crippen molar-refractivity contribution in [3.8, 4) is 0 Å². The van der Waals surface area contributed by atoms with Gasteiger partial charge in [-0.15, -0.1) is 0 Å². The number of thiol groups is 1. The van der Waals surface area contributed by atoms with Gasteiger partial charge in [-0.3, -0.25) is 0 Å². The van der Waals surface area contributed by atoms with E-state index in [1.165, 1.54) is 0 Å². The lowest BCUT2D eigenvalue weighted by Crippen LogP contribution is -2.10. The Morgan fingerprint density at radius 1 is 1.36 bits per heavy atom. The Hall–Kier alpha value is -0.630. The SMILES string of the molecule is CC(S)CNc1ccccc1. The summed E-state index contributed by atoms with van der Waals surface area (Å²) in [5, 5.41) is 3.67. The van der Waals surface area contributed by atoms with Crippen molar-refractivity contribution in [2.75, 3.05) is 11.9 Å². The molecule has 0 saturated carbocycles. The number of nitrogens with one attached hydrogen (secondary N) is 1. The number of anilines is 1. The molecular formula is C9H13NS. The van der Waals surface area contributed by atoms with Gasteiger partial charge < -0.3 is 5.32 Å². The molecule has 0 amide bonds. The number of rotatable bonds is 3. The molecule has 0 aliphatic rings. The van der Waals surface area contributed by atoms with Crippen LogP contribution < -0.4 is 5.32 Å². The first-order valence-corrected chi connectivity index (χ1v) is 4.27. The minimum absolute atomic E-state index is 0.398. The number of hydrogen-bond donors (Lipinski definition) is 2. The molecule has 0 spiro atoms. The first-order valence-electron chi connectivity index (χ1n) is 3.76. The molecule has 0 aromatic heterocycles. The van der Waals surface area contributed by atoms with Crippen LogP contribution in [-0.4, -0.2) is 11.8 Å². The average Bonchev–Trinajstić information content (AvgIpc) is 2.03. The minimum atomic E-state index is 0.398. The monoisotopic (exact) mass is 167 g/mol. The van der Waals surface area contributed by atoms with E-state index in [0.717, 1.165) is 12.2 Å². The zero-order chi connectivity index (χ0) is 8.10. The fraction of sp³-hybridized carbons (Fsp3) is 0.333. The summed E-state index contributed by atoms with van der Waals surface area (Å²) < 4.78 is 0. The van der Waals surface area contributed by atoms with Crippen molar-refractivity contribution in [2.24, 2.45) is 0 Å². The smallest absolute Gasteiger partial charge is 0.0340 e. The highest BCUT2D eigenvalue weighted by atomic mass is 32.1. The van der Waals surface area contributed by atoms with E-state index in [9.17, 15) is 0 Å². The Kier molecular flexibility index (Phi) is 3.30. The molecule has 1 nitrogen and oxygen atoms in total. The van der Waals surface area contributed by atoms with Crippen LogP contribution in [0.4, 0.5) is 5.69 Å². The van der Waals surface area contributed by atoms with E-state index in [1.54, 1.807) is 0 Å². The normalized spacial score (nSPS) is 12.5. The minimum Gasteiger partial charge on any atom is -0.384 e. The van der Waals surface area contributed by atoms with Crippen molar-refractivity contribution in [2.45, 2.75) is 12.2 Å². The maximum atomic E-state index is 4.27. The maximum Gasteiger partial charge on any atom is 0.0340 e. The summed E-state index contributed by atoms with van der Waals surface area (Å²) in [4.78, 5) is 0. The number of para-hydroxylation sites is 1. The predicted octanol–water partition coefficient (Wildman–Crippen LogP) is 2.42. The molecule has 11 heavy (non-hydrogen) atoms. The van der Waals surface area contributed by atoms with Gasteiger partial charge >= 0.3 is 0 Å². The van der Waals surface area contributed by atoms with Crippen LogP contribution in [0.2, 0.25) is 0 Å². The van der Waals surface area contributed by atoms with E-state index in [2.05, 4.69) is 37.0 Å². The standard InChI is InChI=1S/C9H13NS/c1-8(11)7-10-9-5-3-2-4-6-9/h2-6,8,10-11H,7H2,1H3. The Morgan fingerprint density at radius 2 is 2.00 bits per heavy atom. The molecule has 0 saturated heterocycles. The Labute approximate surface area is 73.2 Å². The van der Waals surface area contributed by atoms with Crippen LogP contribution in [0.1, 0.15) is 6.92 Å². The van der Waals surface area contributed by atoms with Crippen molar-refractivity contribution in [1.82, 2.24) is 0 Å². The molecule has 60 valence electrons. The van der Waals surface area contributed by atoms with E-state index >= 15 is 0 Å². The predicted molar refractivity (Wildman–Crippen MR) is 53.4 cm³/mol. The van der Waals surface area contributed by atoms with Crippen LogP contribution in [0.25, 0.3) is 0 Å². The molecule has 2 heteroatoms. The molecule has 0 bridgehead atoms. The Morgan fingerprint density at radius 3 is 2.55 bits per heavy atom. The second-order valence-corrected chi connectivity index (χ2v) is 3.48. The highest BCUT2D eigenvalue weighted by molar-refractivity contribution is 7.80. The third kappa shape index (κ3) is 3.33. The molecule has 1 aromatic rings. The van der Waals surface area contributed by atoms with Gasteiger partial charge in [-0.1, -0.05) is 25.1 Å². The van der Waals surface area contributed by atoms with Crippen molar-refractivity contribution in [3.63, 3.8) is 0 Å². The average molecular weight is 167 g/mol. The van der Waals surface area contributed by atoms with Gasteiger partial charge in [0.25, 0.3) is 0 Å². The van der Waals surface area contributed by atoms with Gasteiger partial charge in [-0.25, -0.2) is 0 Å². The zero-order valence-corrected chi connectivity index (χ0v) is 7.51. The van der Waals surface area contributed by atoms with Gasteiger partial charge in [0.1, 0.15) is 0 Å². The van der Waals surface area contributed by atoms with Gasteiger partial charge in [0.2, 0.25) is 0 Å². The van der Waals surface area contributed by atoms with Gasteiger partial charge in [0, 0.05) is 17.5 Å². The summed E-state index contributed by atoms with van der Waals surface area (Å²) in [5.74, 6) is 0. The molecule has 0 fully saturated rings. The lowest BCUT2D eigenvalue weighted by molar-refractivity contribution is 1.01. The fourth-order valence-electron chi connectivity index (χ4n) is 0.822. The van der Waals surface area contributed by atoms with Crippen molar-refractivity contribution in [3.05, 3.63) is 30.3 Å². The van der Waals surface area contributed by atoms with Crippen LogP contribution >= 0.6 is 12.6 Å². The van der Waals surface area contributed by atoms with Gasteiger partial charge in [-0.05, 0) is 12.1 Å². The lowest BCUT2D eigenvalue weighted by atomic mass is 10.3. The van der Waals surface area contributed by atoms with Crippen LogP contribution in [0, 0.1) is 0 Å². The summed E-state index contributed by atoms with van der Waals surface area (Å²) in [6.45, 7) is 2.98. The van der Waals surface area contributed by atoms with E-state index in [1.807, 2.05) is 18.2 Å². The van der Waals surface area contributed by atoms with Crippen molar-refractivity contribution < 1.29 is 0 Å². The highest BCUT2D eigenvalue weighted by Gasteiger charge is 1.92. The van der Waals surface area contributed by atoms with E-state index in [-0.39, 0.29) is 0 Å². The quantitative estimate of drug-likeness (QED) is 0.659. The van der Waals surface area contributed by atoms with Gasteiger partial charge in [0.05, 0.1) is 0 Å². The summed E-state index contributed by atoms with van der Waals surface area (Å²) in [5.41, 5.74) is 1.16. The second kappa shape index (κ2) is 4.29. The third-order valence-corrected chi connectivity index (χ3v) is 1.56. The molecule has 1 aromatic carbocycles. The number of benzene rings is 1. The molecule has 0 aliphatic carbocycles. The van der Waals surface area contributed by atoms with Crippen LogP contribution in [0.3, 0.4) is 0 Å². The molecule has 1 rings (SSSR count). The van der Waals surface area contributed by atoms with Gasteiger partial charge in [0.15, 0.2) is 0 Å². The number of hydrogen-bond acceptors (Lipinski definition) is 2. The van der Waals surface area contributed by atoms with E-state index in [0.29, 0.717) is 5.25 Å². The van der Waals surface area contributed by atoms with Gasteiger partial charge in [-0.2, -0.15) is 12.6 Å². The molecule has 1 atom stereocenters. The molecular weight excluding hydrogens is 154 g/mol. The maximum absolute atomic E-state index is 4.27. The molecule has 1 N–H and O–H groups in total. The topological polar surface area (TPSA) is 12.0 Å². The molecule has 0 radical (unpaired) electrons. The van der Waals surface area contributed by atoms with Crippen LogP contribution in [-0.2, 0) is 0 Å². The summed E-state index contributed by atoms with van der Waals surface area (Å²) in [7, 11) is 0. The summed E-state index contributed by atoms with van der Waals surface area (Å²) in [6.07, 6.45) is 0. The summed E-state index contributed by atoms with van der Waals surface area (Å²) in [6, 6.07) is 10.2. The van der Waals surface area contributed by atoms with E-state index in [4.69, 9.17) is 0 Å². The Balaban J connectivity index is 2.39. The molecule has 0 aliphatic heterocycles. The van der Waals surface area contributed by atoms with Crippen LogP contribution in [0.5, 0.6) is 0 Å². The largest absolute Gasteiger partial charge is 0.384 e.